The van der Waals surface area contributed by atoms with Gasteiger partial charge in [-0.05, 0) is 39.7 Å². The first-order valence-corrected chi connectivity index (χ1v) is 7.04. The molecule has 0 aromatic heterocycles. The minimum absolute atomic E-state index is 0.378. The standard InChI is InChI=1S/C14H29NO/c1-4-5-8-11-15(13(2)3)12-14(16)9-6-7-10-14/h13,16H,4-12H2,1-3H3. The van der Waals surface area contributed by atoms with Gasteiger partial charge in [0.15, 0.2) is 0 Å². The van der Waals surface area contributed by atoms with Gasteiger partial charge in [0.25, 0.3) is 0 Å². The second-order valence-corrected chi connectivity index (χ2v) is 5.70. The number of rotatable bonds is 7. The van der Waals surface area contributed by atoms with Crippen molar-refractivity contribution in [1.82, 2.24) is 4.90 Å². The Kier molecular flexibility index (Phi) is 5.77. The summed E-state index contributed by atoms with van der Waals surface area (Å²) in [5, 5.41) is 10.4. The Morgan fingerprint density at radius 1 is 1.19 bits per heavy atom. The summed E-state index contributed by atoms with van der Waals surface area (Å²) in [6.45, 7) is 8.75. The van der Waals surface area contributed by atoms with E-state index in [2.05, 4.69) is 25.7 Å². The van der Waals surface area contributed by atoms with E-state index in [0.29, 0.717) is 6.04 Å². The van der Waals surface area contributed by atoms with Gasteiger partial charge in [-0.2, -0.15) is 0 Å². The van der Waals surface area contributed by atoms with Crippen LogP contribution in [0.3, 0.4) is 0 Å². The molecule has 1 fully saturated rings. The molecule has 0 heterocycles. The van der Waals surface area contributed by atoms with E-state index >= 15 is 0 Å². The van der Waals surface area contributed by atoms with Crippen LogP contribution in [0.4, 0.5) is 0 Å². The van der Waals surface area contributed by atoms with Crippen molar-refractivity contribution in [3.8, 4) is 0 Å². The van der Waals surface area contributed by atoms with E-state index in [4.69, 9.17) is 0 Å². The van der Waals surface area contributed by atoms with Gasteiger partial charge in [0.1, 0.15) is 0 Å². The molecule has 1 rings (SSSR count). The third-order valence-electron chi connectivity index (χ3n) is 3.81. The van der Waals surface area contributed by atoms with E-state index in [-0.39, 0.29) is 5.60 Å². The number of aliphatic hydroxyl groups is 1. The van der Waals surface area contributed by atoms with Crippen molar-refractivity contribution < 1.29 is 5.11 Å². The van der Waals surface area contributed by atoms with Crippen LogP contribution >= 0.6 is 0 Å². The zero-order chi connectivity index (χ0) is 12.0. The van der Waals surface area contributed by atoms with E-state index in [1.807, 2.05) is 0 Å². The highest BCUT2D eigenvalue weighted by molar-refractivity contribution is 4.88. The molecule has 0 aromatic carbocycles. The Morgan fingerprint density at radius 2 is 1.81 bits per heavy atom. The van der Waals surface area contributed by atoms with Crippen molar-refractivity contribution in [2.45, 2.75) is 77.4 Å². The monoisotopic (exact) mass is 227 g/mol. The van der Waals surface area contributed by atoms with E-state index in [1.54, 1.807) is 0 Å². The molecule has 96 valence electrons. The highest BCUT2D eigenvalue weighted by Crippen LogP contribution is 2.30. The zero-order valence-electron chi connectivity index (χ0n) is 11.3. The van der Waals surface area contributed by atoms with Crippen molar-refractivity contribution in [2.75, 3.05) is 13.1 Å². The zero-order valence-corrected chi connectivity index (χ0v) is 11.3. The van der Waals surface area contributed by atoms with Crippen LogP contribution in [0, 0.1) is 0 Å². The lowest BCUT2D eigenvalue weighted by atomic mass is 10.0. The van der Waals surface area contributed by atoms with E-state index in [1.165, 1.54) is 32.1 Å². The van der Waals surface area contributed by atoms with Gasteiger partial charge in [-0.15, -0.1) is 0 Å². The summed E-state index contributed by atoms with van der Waals surface area (Å²) in [6.07, 6.45) is 8.27. The van der Waals surface area contributed by atoms with Gasteiger partial charge >= 0.3 is 0 Å². The molecular formula is C14H29NO. The fourth-order valence-corrected chi connectivity index (χ4v) is 2.65. The normalized spacial score (nSPS) is 19.9. The molecule has 0 spiro atoms. The molecule has 1 saturated carbocycles. The smallest absolute Gasteiger partial charge is 0.0774 e. The number of hydrogen-bond donors (Lipinski definition) is 1. The minimum atomic E-state index is -0.378. The number of unbranched alkanes of at least 4 members (excludes halogenated alkanes) is 2. The van der Waals surface area contributed by atoms with Crippen LogP contribution in [0.5, 0.6) is 0 Å². The SMILES string of the molecule is CCCCCN(CC1(O)CCCC1)C(C)C. The van der Waals surface area contributed by atoms with Gasteiger partial charge in [-0.3, -0.25) is 4.90 Å². The molecular weight excluding hydrogens is 198 g/mol. The molecule has 1 N–H and O–H groups in total. The van der Waals surface area contributed by atoms with Gasteiger partial charge in [0.05, 0.1) is 5.60 Å². The average Bonchev–Trinajstić information content (AvgIpc) is 2.64. The molecule has 0 aliphatic heterocycles. The molecule has 1 aliphatic carbocycles. The Labute approximate surface area is 101 Å². The molecule has 0 atom stereocenters. The van der Waals surface area contributed by atoms with Crippen molar-refractivity contribution in [1.29, 1.82) is 0 Å². The quantitative estimate of drug-likeness (QED) is 0.675. The summed E-state index contributed by atoms with van der Waals surface area (Å²) >= 11 is 0. The first-order chi connectivity index (χ1) is 7.57. The molecule has 1 aliphatic rings. The van der Waals surface area contributed by atoms with E-state index in [0.717, 1.165) is 25.9 Å². The van der Waals surface area contributed by atoms with Crippen LogP contribution < -0.4 is 0 Å². The Morgan fingerprint density at radius 3 is 2.31 bits per heavy atom. The summed E-state index contributed by atoms with van der Waals surface area (Å²) in [5.74, 6) is 0. The summed E-state index contributed by atoms with van der Waals surface area (Å²) in [5.41, 5.74) is -0.378. The second kappa shape index (κ2) is 6.61. The van der Waals surface area contributed by atoms with Gasteiger partial charge in [0, 0.05) is 12.6 Å². The Bertz CT molecular complexity index is 185. The van der Waals surface area contributed by atoms with E-state index in [9.17, 15) is 5.11 Å². The third kappa shape index (κ3) is 4.42. The summed E-state index contributed by atoms with van der Waals surface area (Å²) < 4.78 is 0. The fourth-order valence-electron chi connectivity index (χ4n) is 2.65. The summed E-state index contributed by atoms with van der Waals surface area (Å²) in [7, 11) is 0. The molecule has 2 nitrogen and oxygen atoms in total. The highest BCUT2D eigenvalue weighted by atomic mass is 16.3. The van der Waals surface area contributed by atoms with Crippen molar-refractivity contribution in [3.05, 3.63) is 0 Å². The van der Waals surface area contributed by atoms with Crippen molar-refractivity contribution in [2.24, 2.45) is 0 Å². The first-order valence-electron chi connectivity index (χ1n) is 7.04. The second-order valence-electron chi connectivity index (χ2n) is 5.70. The molecule has 2 heteroatoms. The molecule has 16 heavy (non-hydrogen) atoms. The van der Waals surface area contributed by atoms with Crippen molar-refractivity contribution >= 4 is 0 Å². The maximum atomic E-state index is 10.4. The predicted molar refractivity (Wildman–Crippen MR) is 69.7 cm³/mol. The Balaban J connectivity index is 2.37. The molecule has 0 amide bonds. The van der Waals surface area contributed by atoms with Gasteiger partial charge in [-0.25, -0.2) is 0 Å². The first kappa shape index (κ1) is 14.0. The average molecular weight is 227 g/mol. The molecule has 0 saturated heterocycles. The largest absolute Gasteiger partial charge is 0.389 e. The van der Waals surface area contributed by atoms with Gasteiger partial charge in [0.2, 0.25) is 0 Å². The molecule has 0 aromatic rings. The van der Waals surface area contributed by atoms with Crippen LogP contribution in [-0.4, -0.2) is 34.7 Å². The third-order valence-corrected chi connectivity index (χ3v) is 3.81. The lowest BCUT2D eigenvalue weighted by Crippen LogP contribution is -2.44. The fraction of sp³-hybridized carbons (Fsp3) is 1.00. The molecule has 0 bridgehead atoms. The van der Waals surface area contributed by atoms with Gasteiger partial charge < -0.3 is 5.11 Å². The van der Waals surface area contributed by atoms with Crippen LogP contribution in [0.2, 0.25) is 0 Å². The van der Waals surface area contributed by atoms with E-state index < -0.39 is 0 Å². The highest BCUT2D eigenvalue weighted by Gasteiger charge is 2.33. The number of hydrogen-bond acceptors (Lipinski definition) is 2. The molecule has 0 radical (unpaired) electrons. The summed E-state index contributed by atoms with van der Waals surface area (Å²) in [6, 6.07) is 0.557. The Hall–Kier alpha value is -0.0800. The lowest BCUT2D eigenvalue weighted by molar-refractivity contribution is 0.000124. The minimum Gasteiger partial charge on any atom is -0.389 e. The van der Waals surface area contributed by atoms with Crippen LogP contribution in [0.1, 0.15) is 65.7 Å². The lowest BCUT2D eigenvalue weighted by Gasteiger charge is -2.34. The van der Waals surface area contributed by atoms with Crippen LogP contribution in [0.15, 0.2) is 0 Å². The molecule has 0 unspecified atom stereocenters. The number of nitrogens with zero attached hydrogens (tertiary/aromatic N) is 1. The van der Waals surface area contributed by atoms with Crippen LogP contribution in [-0.2, 0) is 0 Å². The maximum Gasteiger partial charge on any atom is 0.0774 e. The summed E-state index contributed by atoms with van der Waals surface area (Å²) in [4.78, 5) is 2.46. The maximum absolute atomic E-state index is 10.4. The van der Waals surface area contributed by atoms with Crippen molar-refractivity contribution in [3.63, 3.8) is 0 Å². The van der Waals surface area contributed by atoms with Crippen LogP contribution in [0.25, 0.3) is 0 Å². The topological polar surface area (TPSA) is 23.5 Å². The predicted octanol–water partition coefficient (Wildman–Crippen LogP) is 3.19. The van der Waals surface area contributed by atoms with Gasteiger partial charge in [-0.1, -0.05) is 32.6 Å².